The molecule has 2 N–H and O–H groups in total. The smallest absolute Gasteiger partial charge is 0.163 e. The van der Waals surface area contributed by atoms with Gasteiger partial charge in [0, 0.05) is 44.9 Å². The summed E-state index contributed by atoms with van der Waals surface area (Å²) in [4.78, 5) is 4.80. The van der Waals surface area contributed by atoms with E-state index in [1.165, 1.54) is 0 Å². The predicted octanol–water partition coefficient (Wildman–Crippen LogP) is 1.17. The molecule has 1 fully saturated rings. The SMILES string of the molecule is COc1cc(C#N)c(N)cc1OCCCN1CCN(C)CC1. The van der Waals surface area contributed by atoms with Crippen LogP contribution in [0.2, 0.25) is 0 Å². The molecule has 120 valence electrons. The van der Waals surface area contributed by atoms with Crippen molar-refractivity contribution in [1.29, 1.82) is 5.26 Å². The van der Waals surface area contributed by atoms with Crippen molar-refractivity contribution >= 4 is 5.69 Å². The molecule has 0 unspecified atom stereocenters. The minimum atomic E-state index is 0.404. The Morgan fingerprint density at radius 3 is 2.59 bits per heavy atom. The van der Waals surface area contributed by atoms with Crippen LogP contribution in [0.3, 0.4) is 0 Å². The number of likely N-dealkylation sites (N-methyl/N-ethyl adjacent to an activating group) is 1. The van der Waals surface area contributed by atoms with Crippen molar-refractivity contribution in [3.63, 3.8) is 0 Å². The van der Waals surface area contributed by atoms with E-state index in [2.05, 4.69) is 16.8 Å². The standard InChI is InChI=1S/C16H24N4O2/c1-19-5-7-20(8-6-19)4-3-9-22-16-11-14(18)13(12-17)10-15(16)21-2/h10-11H,3-9,18H2,1-2H3. The van der Waals surface area contributed by atoms with Gasteiger partial charge < -0.3 is 25.0 Å². The Hall–Kier alpha value is -1.97. The Balaban J connectivity index is 1.82. The highest BCUT2D eigenvalue weighted by Gasteiger charge is 2.13. The fraction of sp³-hybridized carbons (Fsp3) is 0.562. The first-order valence-electron chi connectivity index (χ1n) is 7.55. The van der Waals surface area contributed by atoms with Crippen LogP contribution in [0.1, 0.15) is 12.0 Å². The maximum absolute atomic E-state index is 8.97. The summed E-state index contributed by atoms with van der Waals surface area (Å²) in [6.45, 7) is 6.12. The molecule has 0 spiro atoms. The number of nitrogen functional groups attached to an aromatic ring is 1. The van der Waals surface area contributed by atoms with Gasteiger partial charge in [0.2, 0.25) is 0 Å². The van der Waals surface area contributed by atoms with E-state index in [0.717, 1.165) is 39.1 Å². The zero-order valence-corrected chi connectivity index (χ0v) is 13.3. The number of nitrogens with zero attached hydrogens (tertiary/aromatic N) is 3. The largest absolute Gasteiger partial charge is 0.493 e. The monoisotopic (exact) mass is 304 g/mol. The van der Waals surface area contributed by atoms with Gasteiger partial charge in [0.1, 0.15) is 6.07 Å². The number of hydrogen-bond donors (Lipinski definition) is 1. The number of piperazine rings is 1. The van der Waals surface area contributed by atoms with Crippen molar-refractivity contribution in [3.05, 3.63) is 17.7 Å². The van der Waals surface area contributed by atoms with E-state index < -0.39 is 0 Å². The maximum Gasteiger partial charge on any atom is 0.163 e. The van der Waals surface area contributed by atoms with Gasteiger partial charge in [-0.1, -0.05) is 0 Å². The maximum atomic E-state index is 8.97. The average molecular weight is 304 g/mol. The molecule has 0 atom stereocenters. The van der Waals surface area contributed by atoms with Crippen LogP contribution in [0.25, 0.3) is 0 Å². The highest BCUT2D eigenvalue weighted by Crippen LogP contribution is 2.31. The second kappa shape index (κ2) is 7.87. The molecule has 6 nitrogen and oxygen atoms in total. The van der Waals surface area contributed by atoms with Crippen LogP contribution in [-0.2, 0) is 0 Å². The van der Waals surface area contributed by atoms with Gasteiger partial charge in [0.15, 0.2) is 11.5 Å². The number of anilines is 1. The molecule has 1 heterocycles. The van der Waals surface area contributed by atoms with E-state index in [4.69, 9.17) is 20.5 Å². The first kappa shape index (κ1) is 16.4. The summed E-state index contributed by atoms with van der Waals surface area (Å²) < 4.78 is 11.0. The Kier molecular flexibility index (Phi) is 5.87. The third-order valence-electron chi connectivity index (χ3n) is 3.93. The van der Waals surface area contributed by atoms with Gasteiger partial charge in [-0.25, -0.2) is 0 Å². The molecule has 1 aliphatic heterocycles. The van der Waals surface area contributed by atoms with Crippen molar-refractivity contribution < 1.29 is 9.47 Å². The lowest BCUT2D eigenvalue weighted by Crippen LogP contribution is -2.44. The summed E-state index contributed by atoms with van der Waals surface area (Å²) in [5, 5.41) is 8.97. The van der Waals surface area contributed by atoms with E-state index >= 15 is 0 Å². The van der Waals surface area contributed by atoms with Crippen LogP contribution < -0.4 is 15.2 Å². The van der Waals surface area contributed by atoms with Crippen molar-refractivity contribution in [3.8, 4) is 17.6 Å². The third-order valence-corrected chi connectivity index (χ3v) is 3.93. The molecule has 0 bridgehead atoms. The number of rotatable bonds is 6. The van der Waals surface area contributed by atoms with Crippen LogP contribution in [0.5, 0.6) is 11.5 Å². The van der Waals surface area contributed by atoms with Gasteiger partial charge in [-0.15, -0.1) is 0 Å². The highest BCUT2D eigenvalue weighted by atomic mass is 16.5. The molecule has 0 radical (unpaired) electrons. The van der Waals surface area contributed by atoms with Crippen molar-refractivity contribution in [2.24, 2.45) is 0 Å². The molecule has 1 aliphatic rings. The summed E-state index contributed by atoms with van der Waals surface area (Å²) in [6.07, 6.45) is 0.951. The molecular formula is C16H24N4O2. The van der Waals surface area contributed by atoms with Crippen LogP contribution in [0.4, 0.5) is 5.69 Å². The lowest BCUT2D eigenvalue weighted by atomic mass is 10.2. The second-order valence-corrected chi connectivity index (χ2v) is 5.55. The second-order valence-electron chi connectivity index (χ2n) is 5.55. The summed E-state index contributed by atoms with van der Waals surface area (Å²) in [5.41, 5.74) is 6.64. The lowest BCUT2D eigenvalue weighted by molar-refractivity contribution is 0.145. The fourth-order valence-corrected chi connectivity index (χ4v) is 2.49. The van der Waals surface area contributed by atoms with Gasteiger partial charge in [0.25, 0.3) is 0 Å². The minimum absolute atomic E-state index is 0.404. The van der Waals surface area contributed by atoms with E-state index in [9.17, 15) is 0 Å². The molecule has 0 amide bonds. The molecule has 6 heteroatoms. The van der Waals surface area contributed by atoms with Gasteiger partial charge in [-0.3, -0.25) is 0 Å². The number of hydrogen-bond acceptors (Lipinski definition) is 6. The minimum Gasteiger partial charge on any atom is -0.493 e. The zero-order chi connectivity index (χ0) is 15.9. The third kappa shape index (κ3) is 4.26. The van der Waals surface area contributed by atoms with Crippen LogP contribution in [0, 0.1) is 11.3 Å². The Labute approximate surface area is 132 Å². The zero-order valence-electron chi connectivity index (χ0n) is 13.3. The molecule has 0 aromatic heterocycles. The highest BCUT2D eigenvalue weighted by molar-refractivity contribution is 5.62. The van der Waals surface area contributed by atoms with Crippen LogP contribution in [-0.4, -0.2) is 63.3 Å². The summed E-state index contributed by atoms with van der Waals surface area (Å²) in [7, 11) is 3.71. The van der Waals surface area contributed by atoms with E-state index in [-0.39, 0.29) is 0 Å². The quantitative estimate of drug-likeness (QED) is 0.628. The van der Waals surface area contributed by atoms with Gasteiger partial charge >= 0.3 is 0 Å². The number of ether oxygens (including phenoxy) is 2. The van der Waals surface area contributed by atoms with E-state index in [1.807, 2.05) is 6.07 Å². The average Bonchev–Trinajstić information content (AvgIpc) is 2.53. The normalized spacial score (nSPS) is 16.2. The molecular weight excluding hydrogens is 280 g/mol. The molecule has 1 saturated heterocycles. The molecule has 22 heavy (non-hydrogen) atoms. The number of nitriles is 1. The first-order valence-corrected chi connectivity index (χ1v) is 7.55. The Bertz CT molecular complexity index is 534. The van der Waals surface area contributed by atoms with Crippen molar-refractivity contribution in [2.75, 3.05) is 59.2 Å². The molecule has 1 aromatic carbocycles. The molecule has 2 rings (SSSR count). The predicted molar refractivity (Wildman–Crippen MR) is 86.2 cm³/mol. The summed E-state index contributed by atoms with van der Waals surface area (Å²) in [5.74, 6) is 1.14. The van der Waals surface area contributed by atoms with Crippen LogP contribution in [0.15, 0.2) is 12.1 Å². The first-order chi connectivity index (χ1) is 10.6. The molecule has 1 aromatic rings. The van der Waals surface area contributed by atoms with E-state index in [0.29, 0.717) is 29.4 Å². The van der Waals surface area contributed by atoms with Gasteiger partial charge in [-0.2, -0.15) is 5.26 Å². The summed E-state index contributed by atoms with van der Waals surface area (Å²) in [6, 6.07) is 5.32. The molecule has 0 aliphatic carbocycles. The van der Waals surface area contributed by atoms with Gasteiger partial charge in [0.05, 0.1) is 25.0 Å². The van der Waals surface area contributed by atoms with E-state index in [1.54, 1.807) is 19.2 Å². The van der Waals surface area contributed by atoms with Crippen LogP contribution >= 0.6 is 0 Å². The Morgan fingerprint density at radius 1 is 1.23 bits per heavy atom. The Morgan fingerprint density at radius 2 is 1.95 bits per heavy atom. The van der Waals surface area contributed by atoms with Gasteiger partial charge in [-0.05, 0) is 13.5 Å². The fourth-order valence-electron chi connectivity index (χ4n) is 2.49. The topological polar surface area (TPSA) is 74.7 Å². The molecule has 0 saturated carbocycles. The van der Waals surface area contributed by atoms with Crippen molar-refractivity contribution in [1.82, 2.24) is 9.80 Å². The lowest BCUT2D eigenvalue weighted by Gasteiger charge is -2.32. The summed E-state index contributed by atoms with van der Waals surface area (Å²) >= 11 is 0. The number of benzene rings is 1. The number of methoxy groups -OCH3 is 1. The number of nitrogens with two attached hydrogens (primary N) is 1. The van der Waals surface area contributed by atoms with Crippen molar-refractivity contribution in [2.45, 2.75) is 6.42 Å².